The molecule has 2 aromatic rings. The molecule has 2 aromatic carbocycles. The zero-order valence-electron chi connectivity index (χ0n) is 17.6. The topological polar surface area (TPSA) is 0 Å². The van der Waals surface area contributed by atoms with Crippen molar-refractivity contribution >= 4 is 0 Å². The molecule has 3 rings (SSSR count). The number of rotatable bonds is 7. The van der Waals surface area contributed by atoms with Crippen LogP contribution in [0.25, 0.3) is 0 Å². The number of hydrogen-bond acceptors (Lipinski definition) is 0. The molecule has 1 saturated carbocycles. The van der Waals surface area contributed by atoms with Gasteiger partial charge in [0.25, 0.3) is 0 Å². The van der Waals surface area contributed by atoms with Crippen molar-refractivity contribution in [3.05, 3.63) is 69.5 Å². The number of benzene rings is 2. The van der Waals surface area contributed by atoms with Gasteiger partial charge in [-0.25, -0.2) is 22.0 Å². The predicted molar refractivity (Wildman–Crippen MR) is 109 cm³/mol. The molecule has 0 radical (unpaired) electrons. The number of halogens is 5. The minimum Gasteiger partial charge on any atom is -0.207 e. The van der Waals surface area contributed by atoms with E-state index in [1.165, 1.54) is 12.1 Å². The summed E-state index contributed by atoms with van der Waals surface area (Å²) >= 11 is 0. The molecule has 30 heavy (non-hydrogen) atoms. The van der Waals surface area contributed by atoms with Crippen molar-refractivity contribution in [1.82, 2.24) is 0 Å². The number of hydrogen-bond donors (Lipinski definition) is 0. The molecule has 0 N–H and O–H groups in total. The minimum atomic E-state index is -1.13. The van der Waals surface area contributed by atoms with E-state index in [1.807, 2.05) is 0 Å². The molecule has 0 bridgehead atoms. The largest absolute Gasteiger partial charge is 0.207 e. The summed E-state index contributed by atoms with van der Waals surface area (Å²) in [6.07, 6.45) is 5.54. The molecular formula is C25H29F5. The Kier molecular flexibility index (Phi) is 7.54. The van der Waals surface area contributed by atoms with Crippen molar-refractivity contribution in [1.29, 1.82) is 0 Å². The van der Waals surface area contributed by atoms with E-state index in [0.29, 0.717) is 25.2 Å². The summed E-state index contributed by atoms with van der Waals surface area (Å²) in [5.74, 6) is -4.57. The van der Waals surface area contributed by atoms with Crippen molar-refractivity contribution < 1.29 is 22.0 Å². The lowest BCUT2D eigenvalue weighted by atomic mass is 9.76. The van der Waals surface area contributed by atoms with Crippen LogP contribution in [0.2, 0.25) is 0 Å². The highest BCUT2D eigenvalue weighted by Crippen LogP contribution is 2.40. The first-order valence-corrected chi connectivity index (χ1v) is 11.0. The lowest BCUT2D eigenvalue weighted by Gasteiger charge is -2.29. The van der Waals surface area contributed by atoms with Crippen LogP contribution in [-0.4, -0.2) is 0 Å². The summed E-state index contributed by atoms with van der Waals surface area (Å²) in [6.45, 7) is 3.84. The van der Waals surface area contributed by atoms with Gasteiger partial charge in [-0.1, -0.05) is 38.8 Å². The fourth-order valence-electron chi connectivity index (χ4n) is 4.73. The molecule has 0 aromatic heterocycles. The molecule has 0 nitrogen and oxygen atoms in total. The van der Waals surface area contributed by atoms with Crippen molar-refractivity contribution in [3.63, 3.8) is 0 Å². The Morgan fingerprint density at radius 1 is 0.733 bits per heavy atom. The monoisotopic (exact) mass is 424 g/mol. The van der Waals surface area contributed by atoms with Gasteiger partial charge in [0, 0.05) is 5.56 Å². The van der Waals surface area contributed by atoms with E-state index < -0.39 is 29.1 Å². The van der Waals surface area contributed by atoms with Crippen molar-refractivity contribution in [3.8, 4) is 0 Å². The second-order valence-corrected chi connectivity index (χ2v) is 8.43. The number of aryl methyl sites for hydroxylation is 3. The van der Waals surface area contributed by atoms with Crippen molar-refractivity contribution in [2.24, 2.45) is 5.92 Å². The molecule has 0 saturated heterocycles. The molecule has 0 spiro atoms. The van der Waals surface area contributed by atoms with Crippen molar-refractivity contribution in [2.75, 3.05) is 0 Å². The smallest absolute Gasteiger partial charge is 0.165 e. The molecule has 0 atom stereocenters. The summed E-state index contributed by atoms with van der Waals surface area (Å²) in [5.41, 5.74) is 0.0317. The molecule has 5 heteroatoms. The molecule has 164 valence electrons. The molecule has 1 aliphatic rings. The van der Waals surface area contributed by atoms with E-state index in [-0.39, 0.29) is 41.0 Å². The zero-order valence-corrected chi connectivity index (χ0v) is 17.6. The third kappa shape index (κ3) is 4.70. The van der Waals surface area contributed by atoms with Gasteiger partial charge in [-0.05, 0) is 79.5 Å². The first-order valence-electron chi connectivity index (χ1n) is 11.0. The maximum absolute atomic E-state index is 14.8. The van der Waals surface area contributed by atoms with Gasteiger partial charge in [-0.3, -0.25) is 0 Å². The molecule has 0 amide bonds. The predicted octanol–water partition coefficient (Wildman–Crippen LogP) is 7.80. The van der Waals surface area contributed by atoms with Gasteiger partial charge in [0.2, 0.25) is 0 Å². The highest BCUT2D eigenvalue weighted by atomic mass is 19.2. The van der Waals surface area contributed by atoms with Gasteiger partial charge < -0.3 is 0 Å². The third-order valence-corrected chi connectivity index (χ3v) is 6.51. The van der Waals surface area contributed by atoms with Crippen molar-refractivity contribution in [2.45, 2.75) is 77.6 Å². The Labute approximate surface area is 175 Å². The van der Waals surface area contributed by atoms with Gasteiger partial charge in [0.05, 0.1) is 0 Å². The van der Waals surface area contributed by atoms with Crippen LogP contribution in [0.1, 0.15) is 80.5 Å². The maximum atomic E-state index is 14.8. The van der Waals surface area contributed by atoms with Crippen LogP contribution in [0, 0.1) is 35.0 Å². The zero-order chi connectivity index (χ0) is 21.8. The molecule has 1 fully saturated rings. The normalized spacial score (nSPS) is 19.3. The van der Waals surface area contributed by atoms with E-state index >= 15 is 0 Å². The Morgan fingerprint density at radius 3 is 1.93 bits per heavy atom. The Hall–Kier alpha value is -1.91. The Bertz CT molecular complexity index is 882. The molecular weight excluding hydrogens is 395 g/mol. The first kappa shape index (κ1) is 22.8. The fraction of sp³-hybridized carbons (Fsp3) is 0.520. The quantitative estimate of drug-likeness (QED) is 0.314. The van der Waals surface area contributed by atoms with Gasteiger partial charge in [0.15, 0.2) is 23.3 Å². The van der Waals surface area contributed by atoms with Gasteiger partial charge in [0.1, 0.15) is 5.82 Å². The second-order valence-electron chi connectivity index (χ2n) is 8.43. The van der Waals surface area contributed by atoms with E-state index in [4.69, 9.17) is 0 Å². The third-order valence-electron chi connectivity index (χ3n) is 6.51. The van der Waals surface area contributed by atoms with Gasteiger partial charge in [-0.2, -0.15) is 0 Å². The summed E-state index contributed by atoms with van der Waals surface area (Å²) in [6, 6.07) is 3.97. The SMILES string of the molecule is CCCC1CCC(c2c(F)cc(CCc3ccc(CC)c(F)c3F)c(F)c2F)CC1. The average molecular weight is 424 g/mol. The molecule has 0 heterocycles. The van der Waals surface area contributed by atoms with E-state index in [0.717, 1.165) is 31.7 Å². The van der Waals surface area contributed by atoms with Crippen LogP contribution in [0.4, 0.5) is 22.0 Å². The summed E-state index contributed by atoms with van der Waals surface area (Å²) in [4.78, 5) is 0. The Morgan fingerprint density at radius 2 is 1.30 bits per heavy atom. The summed E-state index contributed by atoms with van der Waals surface area (Å²) in [7, 11) is 0. The standard InChI is InChI=1S/C25H29F5/c1-3-5-15-6-8-17(9-7-15)21-20(26)14-19(24(29)25(21)30)13-12-18-11-10-16(4-2)22(27)23(18)28/h10-11,14-15,17H,3-9,12-13H2,1-2H3. The van der Waals surface area contributed by atoms with Crippen LogP contribution in [0.15, 0.2) is 18.2 Å². The molecule has 0 aliphatic heterocycles. The van der Waals surface area contributed by atoms with Crippen LogP contribution < -0.4 is 0 Å². The first-order chi connectivity index (χ1) is 14.4. The highest BCUT2D eigenvalue weighted by Gasteiger charge is 2.29. The summed E-state index contributed by atoms with van der Waals surface area (Å²) < 4.78 is 72.4. The second kappa shape index (κ2) is 9.93. The van der Waals surface area contributed by atoms with E-state index in [1.54, 1.807) is 6.92 Å². The van der Waals surface area contributed by atoms with E-state index in [2.05, 4.69) is 6.92 Å². The summed E-state index contributed by atoms with van der Waals surface area (Å²) in [5, 5.41) is 0. The van der Waals surface area contributed by atoms with Crippen LogP contribution in [-0.2, 0) is 19.3 Å². The maximum Gasteiger partial charge on any atom is 0.165 e. The minimum absolute atomic E-state index is 0.0377. The van der Waals surface area contributed by atoms with E-state index in [9.17, 15) is 22.0 Å². The fourth-order valence-corrected chi connectivity index (χ4v) is 4.73. The van der Waals surface area contributed by atoms with Gasteiger partial charge >= 0.3 is 0 Å². The van der Waals surface area contributed by atoms with Crippen LogP contribution in [0.5, 0.6) is 0 Å². The van der Waals surface area contributed by atoms with Crippen LogP contribution in [0.3, 0.4) is 0 Å². The lowest BCUT2D eigenvalue weighted by Crippen LogP contribution is -2.17. The lowest BCUT2D eigenvalue weighted by molar-refractivity contribution is 0.297. The molecule has 1 aliphatic carbocycles. The Balaban J connectivity index is 1.76. The molecule has 0 unspecified atom stereocenters. The van der Waals surface area contributed by atoms with Crippen LogP contribution >= 0.6 is 0 Å². The average Bonchev–Trinajstić information content (AvgIpc) is 2.74. The highest BCUT2D eigenvalue weighted by molar-refractivity contribution is 5.33. The van der Waals surface area contributed by atoms with Gasteiger partial charge in [-0.15, -0.1) is 0 Å².